The molecule has 3 aromatic carbocycles. The van der Waals surface area contributed by atoms with Crippen LogP contribution in [-0.2, 0) is 14.8 Å². The van der Waals surface area contributed by atoms with E-state index in [0.717, 1.165) is 9.87 Å². The second-order valence-corrected chi connectivity index (χ2v) is 9.90. The largest absolute Gasteiger partial charge is 0.345 e. The number of anilines is 1. The number of carbonyl (C=O) groups is 2. The number of hydrogen-bond acceptors (Lipinski definition) is 4. The van der Waals surface area contributed by atoms with Crippen LogP contribution in [0.15, 0.2) is 83.8 Å². The van der Waals surface area contributed by atoms with Gasteiger partial charge < -0.3 is 10.6 Å². The molecule has 1 atom stereocenters. The summed E-state index contributed by atoms with van der Waals surface area (Å²) in [7, 11) is -2.57. The molecule has 2 amide bonds. The molecule has 3 aromatic rings. The van der Waals surface area contributed by atoms with Crippen molar-refractivity contribution in [2.45, 2.75) is 17.9 Å². The van der Waals surface area contributed by atoms with E-state index >= 15 is 0 Å². The molecular weight excluding hydrogens is 462 g/mol. The van der Waals surface area contributed by atoms with Crippen LogP contribution in [0.5, 0.6) is 0 Å². The molecule has 3 rings (SSSR count). The third kappa shape index (κ3) is 6.19. The van der Waals surface area contributed by atoms with E-state index in [9.17, 15) is 18.0 Å². The number of rotatable bonds is 8. The second kappa shape index (κ2) is 10.6. The number of amides is 2. The van der Waals surface area contributed by atoms with Crippen LogP contribution in [0.3, 0.4) is 0 Å². The molecule has 0 radical (unpaired) electrons. The van der Waals surface area contributed by atoms with Crippen molar-refractivity contribution in [3.8, 4) is 0 Å². The molecule has 0 aliphatic carbocycles. The lowest BCUT2D eigenvalue weighted by Gasteiger charge is -2.18. The van der Waals surface area contributed by atoms with Crippen molar-refractivity contribution in [2.75, 3.05) is 18.9 Å². The molecule has 172 valence electrons. The molecule has 0 heterocycles. The standard InChI is InChI=1S/C24H24ClN3O4S/c1-17(18-8-4-3-5-9-18)26-24(30)21-10-6-7-11-22(21)27-23(29)16-28(2)33(31,32)20-14-12-19(25)13-15-20/h3-15,17H,16H2,1-2H3,(H,26,30)(H,27,29). The second-order valence-electron chi connectivity index (χ2n) is 7.41. The Bertz CT molecular complexity index is 1230. The molecule has 0 aromatic heterocycles. The number of carbonyl (C=O) groups excluding carboxylic acids is 2. The Labute approximate surface area is 198 Å². The zero-order chi connectivity index (χ0) is 24.0. The van der Waals surface area contributed by atoms with Gasteiger partial charge in [0, 0.05) is 12.1 Å². The van der Waals surface area contributed by atoms with E-state index in [-0.39, 0.29) is 28.1 Å². The molecule has 0 aliphatic heterocycles. The fraction of sp³-hybridized carbons (Fsp3) is 0.167. The van der Waals surface area contributed by atoms with Crippen LogP contribution in [0, 0.1) is 0 Å². The van der Waals surface area contributed by atoms with Crippen LogP contribution in [-0.4, -0.2) is 38.1 Å². The Kier molecular flexibility index (Phi) is 7.86. The number of halogens is 1. The van der Waals surface area contributed by atoms with Gasteiger partial charge in [0.15, 0.2) is 0 Å². The molecule has 7 nitrogen and oxygen atoms in total. The summed E-state index contributed by atoms with van der Waals surface area (Å²) in [5.41, 5.74) is 1.51. The Hall–Kier alpha value is -3.20. The zero-order valence-corrected chi connectivity index (χ0v) is 19.7. The molecule has 0 fully saturated rings. The van der Waals surface area contributed by atoms with Gasteiger partial charge in [-0.15, -0.1) is 0 Å². The first-order valence-electron chi connectivity index (χ1n) is 10.1. The smallest absolute Gasteiger partial charge is 0.253 e. The van der Waals surface area contributed by atoms with Crippen molar-refractivity contribution in [3.05, 3.63) is 95.0 Å². The predicted molar refractivity (Wildman–Crippen MR) is 129 cm³/mol. The monoisotopic (exact) mass is 485 g/mol. The van der Waals surface area contributed by atoms with Crippen LogP contribution >= 0.6 is 11.6 Å². The highest BCUT2D eigenvalue weighted by Crippen LogP contribution is 2.20. The first kappa shape index (κ1) is 24.4. The van der Waals surface area contributed by atoms with E-state index in [1.165, 1.54) is 31.3 Å². The Morgan fingerprint density at radius 1 is 0.939 bits per heavy atom. The molecule has 0 saturated heterocycles. The molecule has 0 aliphatic rings. The average Bonchev–Trinajstić information content (AvgIpc) is 2.80. The summed E-state index contributed by atoms with van der Waals surface area (Å²) in [5.74, 6) is -0.934. The van der Waals surface area contributed by atoms with E-state index in [4.69, 9.17) is 11.6 Å². The van der Waals surface area contributed by atoms with Crippen LogP contribution in [0.25, 0.3) is 0 Å². The molecule has 1 unspecified atom stereocenters. The summed E-state index contributed by atoms with van der Waals surface area (Å²) in [5, 5.41) is 5.96. The van der Waals surface area contributed by atoms with Crippen LogP contribution < -0.4 is 10.6 Å². The highest BCUT2D eigenvalue weighted by Gasteiger charge is 2.24. The Balaban J connectivity index is 1.69. The quantitative estimate of drug-likeness (QED) is 0.502. The molecule has 0 spiro atoms. The predicted octanol–water partition coefficient (Wildman–Crippen LogP) is 4.09. The zero-order valence-electron chi connectivity index (χ0n) is 18.2. The summed E-state index contributed by atoms with van der Waals surface area (Å²) in [6.45, 7) is 1.44. The first-order valence-corrected chi connectivity index (χ1v) is 12.0. The van der Waals surface area contributed by atoms with Crippen molar-refractivity contribution < 1.29 is 18.0 Å². The highest BCUT2D eigenvalue weighted by molar-refractivity contribution is 7.89. The molecule has 0 bridgehead atoms. The van der Waals surface area contributed by atoms with Gasteiger partial charge in [0.1, 0.15) is 0 Å². The van der Waals surface area contributed by atoms with Gasteiger partial charge in [0.05, 0.1) is 28.7 Å². The van der Waals surface area contributed by atoms with E-state index in [1.807, 2.05) is 37.3 Å². The van der Waals surface area contributed by atoms with E-state index < -0.39 is 22.5 Å². The summed E-state index contributed by atoms with van der Waals surface area (Å²) in [6.07, 6.45) is 0. The number of benzene rings is 3. The summed E-state index contributed by atoms with van der Waals surface area (Å²) >= 11 is 5.82. The van der Waals surface area contributed by atoms with E-state index in [2.05, 4.69) is 10.6 Å². The lowest BCUT2D eigenvalue weighted by Crippen LogP contribution is -2.35. The Morgan fingerprint density at radius 2 is 1.55 bits per heavy atom. The average molecular weight is 486 g/mol. The summed E-state index contributed by atoms with van der Waals surface area (Å²) in [4.78, 5) is 25.5. The fourth-order valence-corrected chi connectivity index (χ4v) is 4.41. The van der Waals surface area contributed by atoms with Gasteiger partial charge in [-0.25, -0.2) is 8.42 Å². The van der Waals surface area contributed by atoms with Gasteiger partial charge in [-0.05, 0) is 48.9 Å². The third-order valence-corrected chi connectivity index (χ3v) is 7.05. The third-order valence-electron chi connectivity index (χ3n) is 4.98. The van der Waals surface area contributed by atoms with Crippen LogP contribution in [0.4, 0.5) is 5.69 Å². The van der Waals surface area contributed by atoms with Crippen LogP contribution in [0.1, 0.15) is 28.9 Å². The lowest BCUT2D eigenvalue weighted by atomic mass is 10.1. The van der Waals surface area contributed by atoms with Gasteiger partial charge in [-0.3, -0.25) is 9.59 Å². The fourth-order valence-electron chi connectivity index (χ4n) is 3.15. The topological polar surface area (TPSA) is 95.6 Å². The maximum absolute atomic E-state index is 12.8. The number of hydrogen-bond donors (Lipinski definition) is 2. The number of para-hydroxylation sites is 1. The van der Waals surface area contributed by atoms with Gasteiger partial charge in [0.2, 0.25) is 15.9 Å². The molecular formula is C24H24ClN3O4S. The van der Waals surface area contributed by atoms with E-state index in [0.29, 0.717) is 5.02 Å². The first-order chi connectivity index (χ1) is 15.7. The minimum absolute atomic E-state index is 0.0249. The van der Waals surface area contributed by atoms with Crippen molar-refractivity contribution in [1.82, 2.24) is 9.62 Å². The maximum Gasteiger partial charge on any atom is 0.253 e. The normalized spacial score (nSPS) is 12.2. The summed E-state index contributed by atoms with van der Waals surface area (Å²) in [6, 6.07) is 21.5. The number of likely N-dealkylation sites (N-methyl/N-ethyl adjacent to an activating group) is 1. The van der Waals surface area contributed by atoms with Crippen LogP contribution in [0.2, 0.25) is 5.02 Å². The number of nitrogens with zero attached hydrogens (tertiary/aromatic N) is 1. The van der Waals surface area contributed by atoms with Crippen molar-refractivity contribution >= 4 is 39.1 Å². The molecule has 33 heavy (non-hydrogen) atoms. The van der Waals surface area contributed by atoms with Gasteiger partial charge in [0.25, 0.3) is 5.91 Å². The maximum atomic E-state index is 12.8. The number of sulfonamides is 1. The SMILES string of the molecule is CC(NC(=O)c1ccccc1NC(=O)CN(C)S(=O)(=O)c1ccc(Cl)cc1)c1ccccc1. The lowest BCUT2D eigenvalue weighted by molar-refractivity contribution is -0.116. The van der Waals surface area contributed by atoms with Crippen molar-refractivity contribution in [1.29, 1.82) is 0 Å². The minimum atomic E-state index is -3.88. The van der Waals surface area contributed by atoms with Crippen molar-refractivity contribution in [3.63, 3.8) is 0 Å². The number of nitrogens with one attached hydrogen (secondary N) is 2. The Morgan fingerprint density at radius 3 is 2.21 bits per heavy atom. The van der Waals surface area contributed by atoms with Gasteiger partial charge in [-0.2, -0.15) is 4.31 Å². The van der Waals surface area contributed by atoms with Crippen molar-refractivity contribution in [2.24, 2.45) is 0 Å². The minimum Gasteiger partial charge on any atom is -0.345 e. The molecule has 9 heteroatoms. The highest BCUT2D eigenvalue weighted by atomic mass is 35.5. The molecule has 2 N–H and O–H groups in total. The van der Waals surface area contributed by atoms with E-state index in [1.54, 1.807) is 24.3 Å². The van der Waals surface area contributed by atoms with Gasteiger partial charge in [-0.1, -0.05) is 54.1 Å². The molecule has 0 saturated carbocycles. The summed E-state index contributed by atoms with van der Waals surface area (Å²) < 4.78 is 26.3. The van der Waals surface area contributed by atoms with Gasteiger partial charge >= 0.3 is 0 Å².